The summed E-state index contributed by atoms with van der Waals surface area (Å²) in [5, 5.41) is 0. The Morgan fingerprint density at radius 1 is 1.38 bits per heavy atom. The second-order valence-corrected chi connectivity index (χ2v) is 5.38. The minimum atomic E-state index is 0.767. The Morgan fingerprint density at radius 2 is 2.19 bits per heavy atom. The van der Waals surface area contributed by atoms with Gasteiger partial charge in [0.15, 0.2) is 0 Å². The summed E-state index contributed by atoms with van der Waals surface area (Å²) in [6, 6.07) is 8.88. The van der Waals surface area contributed by atoms with Crippen molar-refractivity contribution in [1.82, 2.24) is 5.48 Å². The van der Waals surface area contributed by atoms with Gasteiger partial charge < -0.3 is 4.84 Å². The number of benzene rings is 1. The molecule has 0 saturated carbocycles. The van der Waals surface area contributed by atoms with Gasteiger partial charge in [-0.05, 0) is 41.4 Å². The fraction of sp³-hybridized carbons (Fsp3) is 0.538. The van der Waals surface area contributed by atoms with Crippen LogP contribution in [0.15, 0.2) is 24.3 Å². The van der Waals surface area contributed by atoms with Crippen molar-refractivity contribution in [3.63, 3.8) is 0 Å². The van der Waals surface area contributed by atoms with Gasteiger partial charge >= 0.3 is 0 Å². The van der Waals surface area contributed by atoms with Crippen molar-refractivity contribution in [1.29, 1.82) is 0 Å². The second-order valence-electron chi connectivity index (χ2n) is 4.16. The van der Waals surface area contributed by atoms with E-state index in [4.69, 9.17) is 4.84 Å². The molecule has 0 unspecified atom stereocenters. The van der Waals surface area contributed by atoms with E-state index in [9.17, 15) is 0 Å². The molecule has 0 atom stereocenters. The minimum absolute atomic E-state index is 0.767. The molecule has 2 nitrogen and oxygen atoms in total. The van der Waals surface area contributed by atoms with Crippen LogP contribution in [0.4, 0.5) is 0 Å². The molecule has 0 aromatic heterocycles. The smallest absolute Gasteiger partial charge is 0.0572 e. The molecule has 2 rings (SSSR count). The van der Waals surface area contributed by atoms with Crippen molar-refractivity contribution < 1.29 is 4.84 Å². The number of rotatable bonds is 4. The predicted octanol–water partition coefficient (Wildman–Crippen LogP) is 2.95. The summed E-state index contributed by atoms with van der Waals surface area (Å²) in [4.78, 5) is 4.88. The van der Waals surface area contributed by atoms with E-state index >= 15 is 0 Å². The van der Waals surface area contributed by atoms with E-state index in [-0.39, 0.29) is 0 Å². The summed E-state index contributed by atoms with van der Waals surface area (Å²) in [5.41, 5.74) is 5.69. The number of thioether (sulfide) groups is 1. The highest BCUT2D eigenvalue weighted by atomic mass is 32.2. The lowest BCUT2D eigenvalue weighted by atomic mass is 9.92. The Bertz CT molecular complexity index is 323. The van der Waals surface area contributed by atoms with Crippen LogP contribution in [0.5, 0.6) is 0 Å². The van der Waals surface area contributed by atoms with Crippen LogP contribution >= 0.6 is 11.8 Å². The molecule has 1 aliphatic heterocycles. The molecule has 3 heteroatoms. The predicted molar refractivity (Wildman–Crippen MR) is 69.6 cm³/mol. The number of hydroxylamine groups is 1. The first-order valence-corrected chi connectivity index (χ1v) is 6.98. The van der Waals surface area contributed by atoms with Crippen molar-refractivity contribution in [3.05, 3.63) is 35.4 Å². The van der Waals surface area contributed by atoms with Crippen molar-refractivity contribution in [3.8, 4) is 0 Å². The summed E-state index contributed by atoms with van der Waals surface area (Å²) in [7, 11) is 1.65. The highest BCUT2D eigenvalue weighted by Crippen LogP contribution is 2.31. The third-order valence-corrected chi connectivity index (χ3v) is 4.11. The van der Waals surface area contributed by atoms with Crippen LogP contribution in [-0.4, -0.2) is 18.6 Å². The van der Waals surface area contributed by atoms with E-state index in [1.807, 2.05) is 0 Å². The van der Waals surface area contributed by atoms with Crippen LogP contribution in [0.25, 0.3) is 0 Å². The molecule has 1 N–H and O–H groups in total. The zero-order valence-corrected chi connectivity index (χ0v) is 10.6. The molecular formula is C13H19NOS. The average Bonchev–Trinajstić information content (AvgIpc) is 2.38. The minimum Gasteiger partial charge on any atom is -0.305 e. The fourth-order valence-corrected chi connectivity index (χ4v) is 3.25. The molecule has 1 heterocycles. The molecular weight excluding hydrogens is 218 g/mol. The van der Waals surface area contributed by atoms with Crippen molar-refractivity contribution in [2.45, 2.75) is 25.3 Å². The van der Waals surface area contributed by atoms with E-state index in [0.717, 1.165) is 12.5 Å². The van der Waals surface area contributed by atoms with Gasteiger partial charge in [0.05, 0.1) is 7.11 Å². The Balaban J connectivity index is 2.02. The molecule has 1 aliphatic rings. The first-order valence-electron chi connectivity index (χ1n) is 5.82. The molecule has 1 aromatic carbocycles. The van der Waals surface area contributed by atoms with Gasteiger partial charge in [0.25, 0.3) is 0 Å². The van der Waals surface area contributed by atoms with Crippen molar-refractivity contribution in [2.24, 2.45) is 0 Å². The van der Waals surface area contributed by atoms with Crippen molar-refractivity contribution >= 4 is 11.8 Å². The van der Waals surface area contributed by atoms with E-state index in [1.54, 1.807) is 7.11 Å². The van der Waals surface area contributed by atoms with E-state index < -0.39 is 0 Å². The lowest BCUT2D eigenvalue weighted by Crippen LogP contribution is -2.12. The SMILES string of the molecule is CONCc1cccc(C2CCSCC2)c1. The van der Waals surface area contributed by atoms with Crippen LogP contribution < -0.4 is 5.48 Å². The lowest BCUT2D eigenvalue weighted by molar-refractivity contribution is 0.0867. The Labute approximate surface area is 102 Å². The maximum absolute atomic E-state index is 4.88. The lowest BCUT2D eigenvalue weighted by Gasteiger charge is -2.22. The standard InChI is InChI=1S/C13H19NOS/c1-15-14-10-11-3-2-4-13(9-11)12-5-7-16-8-6-12/h2-4,9,12,14H,5-8,10H2,1H3. The van der Waals surface area contributed by atoms with Gasteiger partial charge in [-0.2, -0.15) is 17.2 Å². The van der Waals surface area contributed by atoms with Gasteiger partial charge in [-0.25, -0.2) is 0 Å². The van der Waals surface area contributed by atoms with E-state index in [1.165, 1.54) is 35.5 Å². The molecule has 1 aromatic rings. The van der Waals surface area contributed by atoms with Crippen LogP contribution in [0.1, 0.15) is 29.9 Å². The number of hydrogen-bond acceptors (Lipinski definition) is 3. The molecule has 0 amide bonds. The van der Waals surface area contributed by atoms with Gasteiger partial charge in [-0.1, -0.05) is 24.3 Å². The molecule has 0 aliphatic carbocycles. The molecule has 16 heavy (non-hydrogen) atoms. The Kier molecular flexibility index (Phi) is 4.69. The van der Waals surface area contributed by atoms with Crippen LogP contribution in [0.3, 0.4) is 0 Å². The molecule has 0 spiro atoms. The molecule has 1 saturated heterocycles. The van der Waals surface area contributed by atoms with E-state index in [2.05, 4.69) is 41.5 Å². The molecule has 1 fully saturated rings. The summed E-state index contributed by atoms with van der Waals surface area (Å²) in [6.07, 6.45) is 2.65. The fourth-order valence-electron chi connectivity index (χ4n) is 2.14. The van der Waals surface area contributed by atoms with Crippen LogP contribution in [-0.2, 0) is 11.4 Å². The molecule has 0 bridgehead atoms. The first-order chi connectivity index (χ1) is 7.90. The third-order valence-electron chi connectivity index (χ3n) is 3.06. The normalized spacial score (nSPS) is 17.6. The van der Waals surface area contributed by atoms with Gasteiger partial charge in [0, 0.05) is 6.54 Å². The summed E-state index contributed by atoms with van der Waals surface area (Å²) in [6.45, 7) is 0.784. The van der Waals surface area contributed by atoms with Gasteiger partial charge in [-0.15, -0.1) is 0 Å². The van der Waals surface area contributed by atoms with Gasteiger partial charge in [-0.3, -0.25) is 0 Å². The zero-order valence-electron chi connectivity index (χ0n) is 9.74. The highest BCUT2D eigenvalue weighted by Gasteiger charge is 2.15. The van der Waals surface area contributed by atoms with Crippen molar-refractivity contribution in [2.75, 3.05) is 18.6 Å². The summed E-state index contributed by atoms with van der Waals surface area (Å²) in [5.74, 6) is 3.39. The third kappa shape index (κ3) is 3.24. The summed E-state index contributed by atoms with van der Waals surface area (Å²) >= 11 is 2.08. The number of hydrogen-bond donors (Lipinski definition) is 1. The maximum Gasteiger partial charge on any atom is 0.0572 e. The Morgan fingerprint density at radius 3 is 2.94 bits per heavy atom. The monoisotopic (exact) mass is 237 g/mol. The average molecular weight is 237 g/mol. The molecule has 88 valence electrons. The quantitative estimate of drug-likeness (QED) is 0.814. The largest absolute Gasteiger partial charge is 0.305 e. The summed E-state index contributed by atoms with van der Waals surface area (Å²) < 4.78 is 0. The number of nitrogens with one attached hydrogen (secondary N) is 1. The van der Waals surface area contributed by atoms with Crippen LogP contribution in [0, 0.1) is 0 Å². The second kappa shape index (κ2) is 6.28. The highest BCUT2D eigenvalue weighted by molar-refractivity contribution is 7.99. The molecule has 0 radical (unpaired) electrons. The zero-order chi connectivity index (χ0) is 11.2. The maximum atomic E-state index is 4.88. The van der Waals surface area contributed by atoms with Gasteiger partial charge in [0.1, 0.15) is 0 Å². The first kappa shape index (κ1) is 12.0. The van der Waals surface area contributed by atoms with Gasteiger partial charge in [0.2, 0.25) is 0 Å². The topological polar surface area (TPSA) is 21.3 Å². The Hall–Kier alpha value is -0.510. The van der Waals surface area contributed by atoms with Crippen LogP contribution in [0.2, 0.25) is 0 Å². The van der Waals surface area contributed by atoms with E-state index in [0.29, 0.717) is 0 Å².